The van der Waals surface area contributed by atoms with E-state index in [1.54, 1.807) is 6.92 Å². The summed E-state index contributed by atoms with van der Waals surface area (Å²) in [7, 11) is -2.95. The Morgan fingerprint density at radius 2 is 1.40 bits per heavy atom. The fourth-order valence-corrected chi connectivity index (χ4v) is 8.47. The van der Waals surface area contributed by atoms with E-state index in [2.05, 4.69) is 25.5 Å². The van der Waals surface area contributed by atoms with E-state index in [1.165, 1.54) is 6.92 Å². The summed E-state index contributed by atoms with van der Waals surface area (Å²) in [6.45, 7) is 9.12. The molecule has 0 aliphatic rings. The summed E-state index contributed by atoms with van der Waals surface area (Å²) in [4.78, 5) is 11.9. The molecule has 2 aromatic carbocycles. The molecular formula is C24H32F2O3Si. The van der Waals surface area contributed by atoms with E-state index < -0.39 is 26.1 Å². The standard InChI is InChI=1S/C24H32F2O3Si/c1-6-19(24(25,26)22(27)28-7-2)18-29-30(23(3,4)5,20-14-10-8-11-15-20)21-16-12-9-13-17-21/h8-17,19H,6-7,18H2,1-5H3. The van der Waals surface area contributed by atoms with E-state index in [-0.39, 0.29) is 24.7 Å². The van der Waals surface area contributed by atoms with Crippen molar-refractivity contribution in [1.29, 1.82) is 0 Å². The van der Waals surface area contributed by atoms with Gasteiger partial charge < -0.3 is 9.16 Å². The summed E-state index contributed by atoms with van der Waals surface area (Å²) in [5, 5.41) is 1.70. The van der Waals surface area contributed by atoms with Crippen molar-refractivity contribution in [3.63, 3.8) is 0 Å². The number of ether oxygens (including phenoxy) is 1. The van der Waals surface area contributed by atoms with Crippen LogP contribution in [0.5, 0.6) is 0 Å². The first kappa shape index (κ1) is 24.2. The smallest absolute Gasteiger partial charge is 0.377 e. The van der Waals surface area contributed by atoms with Gasteiger partial charge in [0.1, 0.15) is 0 Å². The maximum atomic E-state index is 14.8. The van der Waals surface area contributed by atoms with E-state index in [4.69, 9.17) is 4.43 Å². The number of alkyl halides is 2. The van der Waals surface area contributed by atoms with E-state index >= 15 is 0 Å². The number of esters is 1. The van der Waals surface area contributed by atoms with Gasteiger partial charge in [-0.15, -0.1) is 0 Å². The van der Waals surface area contributed by atoms with E-state index in [9.17, 15) is 13.6 Å². The largest absolute Gasteiger partial charge is 0.462 e. The van der Waals surface area contributed by atoms with Gasteiger partial charge in [-0.3, -0.25) is 0 Å². The molecule has 6 heteroatoms. The fraction of sp³-hybridized carbons (Fsp3) is 0.458. The predicted octanol–water partition coefficient (Wildman–Crippen LogP) is 4.79. The second kappa shape index (κ2) is 9.84. The molecule has 30 heavy (non-hydrogen) atoms. The van der Waals surface area contributed by atoms with Gasteiger partial charge in [-0.25, -0.2) is 4.79 Å². The molecule has 2 aromatic rings. The lowest BCUT2D eigenvalue weighted by Crippen LogP contribution is -2.67. The molecule has 0 aliphatic carbocycles. The number of hydrogen-bond donors (Lipinski definition) is 0. The molecule has 0 amide bonds. The molecule has 0 saturated carbocycles. The van der Waals surface area contributed by atoms with E-state index in [0.29, 0.717) is 0 Å². The molecular weight excluding hydrogens is 402 g/mol. The summed E-state index contributed by atoms with van der Waals surface area (Å²) in [5.74, 6) is -6.35. The Morgan fingerprint density at radius 1 is 0.933 bits per heavy atom. The lowest BCUT2D eigenvalue weighted by molar-refractivity contribution is -0.182. The molecule has 1 atom stereocenters. The van der Waals surface area contributed by atoms with Crippen molar-refractivity contribution in [3.8, 4) is 0 Å². The molecule has 2 rings (SSSR count). The van der Waals surface area contributed by atoms with Crippen LogP contribution in [0.4, 0.5) is 8.78 Å². The van der Waals surface area contributed by atoms with Crippen molar-refractivity contribution in [2.45, 2.75) is 52.0 Å². The first-order valence-electron chi connectivity index (χ1n) is 10.4. The van der Waals surface area contributed by atoms with Crippen LogP contribution >= 0.6 is 0 Å². The normalized spacial score (nSPS) is 13.7. The Hall–Kier alpha value is -2.05. The molecule has 3 nitrogen and oxygen atoms in total. The Kier molecular flexibility index (Phi) is 7.94. The van der Waals surface area contributed by atoms with Crippen molar-refractivity contribution in [2.24, 2.45) is 5.92 Å². The molecule has 164 valence electrons. The van der Waals surface area contributed by atoms with Gasteiger partial charge in [0, 0.05) is 6.61 Å². The molecule has 1 unspecified atom stereocenters. The van der Waals surface area contributed by atoms with Crippen LogP contribution in [-0.2, 0) is 14.0 Å². The van der Waals surface area contributed by atoms with Crippen LogP contribution in [0.2, 0.25) is 5.04 Å². The van der Waals surface area contributed by atoms with Gasteiger partial charge in [-0.2, -0.15) is 8.78 Å². The van der Waals surface area contributed by atoms with E-state index in [0.717, 1.165) is 10.4 Å². The van der Waals surface area contributed by atoms with Crippen molar-refractivity contribution >= 4 is 24.7 Å². The van der Waals surface area contributed by atoms with Crippen LogP contribution in [0.15, 0.2) is 60.7 Å². The number of carbonyl (C=O) groups is 1. The Balaban J connectivity index is 2.52. The average Bonchev–Trinajstić information content (AvgIpc) is 2.71. The first-order valence-corrected chi connectivity index (χ1v) is 12.3. The number of hydrogen-bond acceptors (Lipinski definition) is 3. The Morgan fingerprint density at radius 3 is 1.77 bits per heavy atom. The molecule has 0 aliphatic heterocycles. The maximum Gasteiger partial charge on any atom is 0.377 e. The Bertz CT molecular complexity index is 765. The molecule has 0 fully saturated rings. The summed E-state index contributed by atoms with van der Waals surface area (Å²) in [6.07, 6.45) is 0.101. The van der Waals surface area contributed by atoms with Gasteiger partial charge in [0.25, 0.3) is 8.32 Å². The highest BCUT2D eigenvalue weighted by molar-refractivity contribution is 6.99. The van der Waals surface area contributed by atoms with Gasteiger partial charge in [-0.1, -0.05) is 88.4 Å². The van der Waals surface area contributed by atoms with Crippen molar-refractivity contribution in [2.75, 3.05) is 13.2 Å². The molecule has 0 heterocycles. The van der Waals surface area contributed by atoms with Crippen LogP contribution in [0.1, 0.15) is 41.0 Å². The SMILES string of the molecule is CCOC(=O)C(F)(F)C(CC)CO[Si](c1ccccc1)(c1ccccc1)C(C)(C)C. The zero-order valence-corrected chi connectivity index (χ0v) is 19.5. The van der Waals surface area contributed by atoms with E-state index in [1.807, 2.05) is 60.7 Å². The fourth-order valence-electron chi connectivity index (χ4n) is 3.86. The first-order chi connectivity index (χ1) is 14.1. The summed E-state index contributed by atoms with van der Waals surface area (Å²) in [6, 6.07) is 19.7. The number of rotatable bonds is 9. The number of halogens is 2. The van der Waals surface area contributed by atoms with Crippen LogP contribution in [0.3, 0.4) is 0 Å². The second-order valence-corrected chi connectivity index (χ2v) is 12.7. The number of benzene rings is 2. The molecule has 0 saturated heterocycles. The quantitative estimate of drug-likeness (QED) is 0.421. The molecule has 0 radical (unpaired) electrons. The molecule has 0 N–H and O–H groups in total. The highest BCUT2D eigenvalue weighted by Crippen LogP contribution is 2.38. The monoisotopic (exact) mass is 434 g/mol. The zero-order valence-electron chi connectivity index (χ0n) is 18.5. The van der Waals surface area contributed by atoms with Gasteiger partial charge in [-0.05, 0) is 28.8 Å². The third-order valence-corrected chi connectivity index (χ3v) is 10.5. The second-order valence-electron chi connectivity index (χ2n) is 8.42. The van der Waals surface area contributed by atoms with Crippen molar-refractivity contribution < 1.29 is 22.7 Å². The average molecular weight is 435 g/mol. The lowest BCUT2D eigenvalue weighted by Gasteiger charge is -2.44. The van der Waals surface area contributed by atoms with Crippen molar-refractivity contribution in [1.82, 2.24) is 0 Å². The molecule has 0 aromatic heterocycles. The van der Waals surface area contributed by atoms with Gasteiger partial charge in [0.2, 0.25) is 0 Å². The van der Waals surface area contributed by atoms with Crippen LogP contribution < -0.4 is 10.4 Å². The summed E-state index contributed by atoms with van der Waals surface area (Å²) in [5.41, 5.74) is 0. The summed E-state index contributed by atoms with van der Waals surface area (Å²) < 4.78 is 40.8. The maximum absolute atomic E-state index is 14.8. The minimum atomic E-state index is -3.60. The van der Waals surface area contributed by atoms with Gasteiger partial charge in [0.15, 0.2) is 0 Å². The minimum Gasteiger partial charge on any atom is -0.462 e. The topological polar surface area (TPSA) is 35.5 Å². The molecule has 0 spiro atoms. The highest BCUT2D eigenvalue weighted by atomic mass is 28.4. The zero-order chi connectivity index (χ0) is 22.4. The van der Waals surface area contributed by atoms with Crippen LogP contribution in [0.25, 0.3) is 0 Å². The lowest BCUT2D eigenvalue weighted by atomic mass is 10.00. The third kappa shape index (κ3) is 4.81. The third-order valence-electron chi connectivity index (χ3n) is 5.47. The van der Waals surface area contributed by atoms with Crippen LogP contribution in [-0.4, -0.2) is 33.4 Å². The van der Waals surface area contributed by atoms with Crippen molar-refractivity contribution in [3.05, 3.63) is 60.7 Å². The van der Waals surface area contributed by atoms with Gasteiger partial charge in [0.05, 0.1) is 12.5 Å². The minimum absolute atomic E-state index is 0.0829. The number of carbonyl (C=O) groups excluding carboxylic acids is 1. The van der Waals surface area contributed by atoms with Crippen LogP contribution in [0, 0.1) is 5.92 Å². The predicted molar refractivity (Wildman–Crippen MR) is 119 cm³/mol. The molecule has 0 bridgehead atoms. The highest BCUT2D eigenvalue weighted by Gasteiger charge is 2.53. The Labute approximate surface area is 179 Å². The summed E-state index contributed by atoms with van der Waals surface area (Å²) >= 11 is 0. The van der Waals surface area contributed by atoms with Gasteiger partial charge >= 0.3 is 11.9 Å².